The number of aryl methyl sites for hydroxylation is 1. The van der Waals surface area contributed by atoms with Crippen molar-refractivity contribution in [2.24, 2.45) is 0 Å². The average Bonchev–Trinajstić information content (AvgIpc) is 3.42. The molecular formula is C20H21N3O4. The summed E-state index contributed by atoms with van der Waals surface area (Å²) in [5.41, 5.74) is 1.15. The molecule has 2 aromatic heterocycles. The van der Waals surface area contributed by atoms with Gasteiger partial charge in [-0.25, -0.2) is 0 Å². The molecule has 0 radical (unpaired) electrons. The van der Waals surface area contributed by atoms with Gasteiger partial charge in [-0.2, -0.15) is 4.98 Å². The zero-order valence-corrected chi connectivity index (χ0v) is 15.1. The van der Waals surface area contributed by atoms with E-state index in [1.54, 1.807) is 17.0 Å². The van der Waals surface area contributed by atoms with E-state index in [-0.39, 0.29) is 11.9 Å². The zero-order chi connectivity index (χ0) is 18.6. The topological polar surface area (TPSA) is 81.6 Å². The van der Waals surface area contributed by atoms with Crippen LogP contribution in [0, 0.1) is 6.92 Å². The highest BCUT2D eigenvalue weighted by Crippen LogP contribution is 2.32. The molecule has 0 bridgehead atoms. The summed E-state index contributed by atoms with van der Waals surface area (Å²) in [6.07, 6.45) is 3.73. The van der Waals surface area contributed by atoms with Crippen LogP contribution in [0.4, 0.5) is 0 Å². The van der Waals surface area contributed by atoms with Crippen molar-refractivity contribution in [1.29, 1.82) is 0 Å². The summed E-state index contributed by atoms with van der Waals surface area (Å²) in [5, 5.41) is 4.04. The monoisotopic (exact) mass is 367 g/mol. The summed E-state index contributed by atoms with van der Waals surface area (Å²) in [6, 6.07) is 11.1. The van der Waals surface area contributed by atoms with Crippen molar-refractivity contribution in [2.45, 2.75) is 32.2 Å². The van der Waals surface area contributed by atoms with Crippen LogP contribution in [0.2, 0.25) is 0 Å². The normalized spacial score (nSPS) is 16.6. The number of carbonyl (C=O) groups excluding carboxylic acids is 1. The maximum absolute atomic E-state index is 12.6. The molecule has 1 aliphatic rings. The second-order valence-electron chi connectivity index (χ2n) is 6.60. The van der Waals surface area contributed by atoms with Crippen LogP contribution in [0.25, 0.3) is 0 Å². The summed E-state index contributed by atoms with van der Waals surface area (Å²) in [4.78, 5) is 18.8. The first kappa shape index (κ1) is 17.3. The SMILES string of the molecule is Cc1cccc(OCCc2noc(C3CCCN3C(=O)c3ccco3)n2)c1. The van der Waals surface area contributed by atoms with Crippen LogP contribution >= 0.6 is 0 Å². The van der Waals surface area contributed by atoms with E-state index >= 15 is 0 Å². The maximum Gasteiger partial charge on any atom is 0.290 e. The molecule has 7 nitrogen and oxygen atoms in total. The van der Waals surface area contributed by atoms with Crippen LogP contribution in [-0.2, 0) is 6.42 Å². The first-order valence-corrected chi connectivity index (χ1v) is 9.07. The number of carbonyl (C=O) groups is 1. The molecule has 3 heterocycles. The number of benzene rings is 1. The standard InChI is InChI=1S/C20H21N3O4/c1-14-5-2-6-15(13-14)25-12-9-18-21-19(27-22-18)16-7-3-10-23(16)20(24)17-8-4-11-26-17/h2,4-6,8,11,13,16H,3,7,9-10,12H2,1H3. The van der Waals surface area contributed by atoms with Gasteiger partial charge in [-0.05, 0) is 49.6 Å². The Hall–Kier alpha value is -3.09. The first-order valence-electron chi connectivity index (χ1n) is 9.07. The largest absolute Gasteiger partial charge is 0.493 e. The van der Waals surface area contributed by atoms with Crippen molar-refractivity contribution in [3.05, 3.63) is 65.7 Å². The fourth-order valence-corrected chi connectivity index (χ4v) is 3.28. The van der Waals surface area contributed by atoms with E-state index in [1.165, 1.54) is 6.26 Å². The van der Waals surface area contributed by atoms with Gasteiger partial charge in [-0.15, -0.1) is 0 Å². The van der Waals surface area contributed by atoms with Crippen LogP contribution in [0.15, 0.2) is 51.6 Å². The number of nitrogens with zero attached hydrogens (tertiary/aromatic N) is 3. The summed E-state index contributed by atoms with van der Waals surface area (Å²) in [7, 11) is 0. The number of aromatic nitrogens is 2. The third kappa shape index (κ3) is 3.86. The van der Waals surface area contributed by atoms with Crippen molar-refractivity contribution in [2.75, 3.05) is 13.2 Å². The van der Waals surface area contributed by atoms with Crippen LogP contribution in [-0.4, -0.2) is 34.1 Å². The van der Waals surface area contributed by atoms with E-state index in [0.29, 0.717) is 37.0 Å². The highest BCUT2D eigenvalue weighted by Gasteiger charge is 2.35. The van der Waals surface area contributed by atoms with Crippen molar-refractivity contribution in [3.8, 4) is 5.75 Å². The van der Waals surface area contributed by atoms with E-state index < -0.39 is 0 Å². The van der Waals surface area contributed by atoms with Crippen molar-refractivity contribution >= 4 is 5.91 Å². The summed E-state index contributed by atoms with van der Waals surface area (Å²) in [5.74, 6) is 2.05. The fraction of sp³-hybridized carbons (Fsp3) is 0.350. The van der Waals surface area contributed by atoms with Gasteiger partial charge in [0.1, 0.15) is 11.8 Å². The molecular weight excluding hydrogens is 346 g/mol. The second kappa shape index (κ2) is 7.65. The second-order valence-corrected chi connectivity index (χ2v) is 6.60. The Morgan fingerprint density at radius 1 is 1.33 bits per heavy atom. The lowest BCUT2D eigenvalue weighted by Crippen LogP contribution is -2.30. The minimum Gasteiger partial charge on any atom is -0.493 e. The Labute approximate surface area is 156 Å². The number of furan rings is 1. The number of likely N-dealkylation sites (tertiary alicyclic amines) is 1. The molecule has 1 aliphatic heterocycles. The number of ether oxygens (including phenoxy) is 1. The minimum absolute atomic E-state index is 0.148. The molecule has 3 aromatic rings. The highest BCUT2D eigenvalue weighted by atomic mass is 16.5. The molecule has 0 saturated carbocycles. The van der Waals surface area contributed by atoms with Gasteiger partial charge in [0.25, 0.3) is 5.91 Å². The molecule has 0 aliphatic carbocycles. The third-order valence-electron chi connectivity index (χ3n) is 4.60. The number of rotatable bonds is 6. The molecule has 1 saturated heterocycles. The molecule has 0 N–H and O–H groups in total. The Morgan fingerprint density at radius 3 is 3.07 bits per heavy atom. The molecule has 0 spiro atoms. The molecule has 7 heteroatoms. The number of hydrogen-bond acceptors (Lipinski definition) is 6. The van der Waals surface area contributed by atoms with Gasteiger partial charge >= 0.3 is 0 Å². The lowest BCUT2D eigenvalue weighted by atomic mass is 10.2. The summed E-state index contributed by atoms with van der Waals surface area (Å²) < 4.78 is 16.4. The molecule has 1 atom stereocenters. The van der Waals surface area contributed by atoms with Gasteiger partial charge in [0.15, 0.2) is 11.6 Å². The molecule has 1 fully saturated rings. The van der Waals surface area contributed by atoms with Gasteiger partial charge in [0, 0.05) is 13.0 Å². The maximum atomic E-state index is 12.6. The zero-order valence-electron chi connectivity index (χ0n) is 15.1. The van der Waals surface area contributed by atoms with E-state index in [4.69, 9.17) is 13.7 Å². The molecule has 4 rings (SSSR count). The Morgan fingerprint density at radius 2 is 2.26 bits per heavy atom. The van der Waals surface area contributed by atoms with E-state index in [0.717, 1.165) is 24.2 Å². The lowest BCUT2D eigenvalue weighted by Gasteiger charge is -2.20. The van der Waals surface area contributed by atoms with Gasteiger partial charge in [0.2, 0.25) is 5.89 Å². The Bertz CT molecular complexity index is 904. The van der Waals surface area contributed by atoms with Crippen molar-refractivity contribution < 1.29 is 18.5 Å². The van der Waals surface area contributed by atoms with Crippen LogP contribution in [0.1, 0.15) is 46.7 Å². The van der Waals surface area contributed by atoms with Crippen molar-refractivity contribution in [1.82, 2.24) is 15.0 Å². The Kier molecular flexibility index (Phi) is 4.91. The predicted octanol–water partition coefficient (Wildman–Crippen LogP) is 3.57. The molecule has 27 heavy (non-hydrogen) atoms. The van der Waals surface area contributed by atoms with E-state index in [2.05, 4.69) is 10.1 Å². The van der Waals surface area contributed by atoms with Gasteiger partial charge in [-0.3, -0.25) is 4.79 Å². The molecule has 1 aromatic carbocycles. The first-order chi connectivity index (χ1) is 13.2. The summed E-state index contributed by atoms with van der Waals surface area (Å²) >= 11 is 0. The molecule has 1 unspecified atom stereocenters. The van der Waals surface area contributed by atoms with Crippen LogP contribution in [0.3, 0.4) is 0 Å². The van der Waals surface area contributed by atoms with Gasteiger partial charge in [-0.1, -0.05) is 17.3 Å². The number of amides is 1. The van der Waals surface area contributed by atoms with E-state index in [1.807, 2.05) is 31.2 Å². The summed E-state index contributed by atoms with van der Waals surface area (Å²) in [6.45, 7) is 3.14. The lowest BCUT2D eigenvalue weighted by molar-refractivity contribution is 0.0678. The van der Waals surface area contributed by atoms with Gasteiger partial charge < -0.3 is 18.6 Å². The predicted molar refractivity (Wildman–Crippen MR) is 96.4 cm³/mol. The quantitative estimate of drug-likeness (QED) is 0.662. The van der Waals surface area contributed by atoms with Crippen molar-refractivity contribution in [3.63, 3.8) is 0 Å². The van der Waals surface area contributed by atoms with Gasteiger partial charge in [0.05, 0.1) is 12.9 Å². The fourth-order valence-electron chi connectivity index (χ4n) is 3.28. The number of hydrogen-bond donors (Lipinski definition) is 0. The minimum atomic E-state index is -0.207. The Balaban J connectivity index is 1.37. The highest BCUT2D eigenvalue weighted by molar-refractivity contribution is 5.91. The van der Waals surface area contributed by atoms with Crippen LogP contribution in [0.5, 0.6) is 5.75 Å². The average molecular weight is 367 g/mol. The van der Waals surface area contributed by atoms with E-state index in [9.17, 15) is 4.79 Å². The smallest absolute Gasteiger partial charge is 0.290 e. The third-order valence-corrected chi connectivity index (χ3v) is 4.60. The van der Waals surface area contributed by atoms with Crippen LogP contribution < -0.4 is 4.74 Å². The molecule has 140 valence electrons. The molecule has 1 amide bonds.